The lowest BCUT2D eigenvalue weighted by molar-refractivity contribution is -0.114. The number of aryl methyl sites for hydroxylation is 1. The Labute approximate surface area is 106 Å². The second-order valence-corrected chi connectivity index (χ2v) is 4.08. The van der Waals surface area contributed by atoms with E-state index < -0.39 is 0 Å². The average Bonchev–Trinajstić information content (AvgIpc) is 2.71. The van der Waals surface area contributed by atoms with Crippen LogP contribution in [0.1, 0.15) is 5.82 Å². The highest BCUT2D eigenvalue weighted by Crippen LogP contribution is 2.21. The molecule has 0 bridgehead atoms. The number of benzene rings is 1. The zero-order chi connectivity index (χ0) is 13.1. The summed E-state index contributed by atoms with van der Waals surface area (Å²) in [5.41, 5.74) is 8.09. The summed E-state index contributed by atoms with van der Waals surface area (Å²) in [4.78, 5) is 15.4. The summed E-state index contributed by atoms with van der Waals surface area (Å²) >= 11 is 0. The van der Waals surface area contributed by atoms with E-state index in [0.717, 1.165) is 22.8 Å². The zero-order valence-electron chi connectivity index (χ0n) is 10.5. The van der Waals surface area contributed by atoms with Gasteiger partial charge in [0.05, 0.1) is 18.4 Å². The number of aromatic nitrogens is 2. The molecular weight excluding hydrogens is 228 g/mol. The van der Waals surface area contributed by atoms with Crippen LogP contribution in [0.5, 0.6) is 0 Å². The van der Waals surface area contributed by atoms with Crippen molar-refractivity contribution in [2.24, 2.45) is 12.8 Å². The highest BCUT2D eigenvalue weighted by Gasteiger charge is 2.05. The Balaban J connectivity index is 2.22. The molecule has 1 amide bonds. The summed E-state index contributed by atoms with van der Waals surface area (Å²) in [6, 6.07) is 7.60. The van der Waals surface area contributed by atoms with E-state index in [-0.39, 0.29) is 12.5 Å². The lowest BCUT2D eigenvalue weighted by atomic mass is 10.1. The molecule has 0 aliphatic carbocycles. The quantitative estimate of drug-likeness (QED) is 0.854. The van der Waals surface area contributed by atoms with Gasteiger partial charge in [-0.25, -0.2) is 4.98 Å². The van der Waals surface area contributed by atoms with Crippen molar-refractivity contribution in [3.8, 4) is 11.3 Å². The Morgan fingerprint density at radius 1 is 1.39 bits per heavy atom. The van der Waals surface area contributed by atoms with Crippen molar-refractivity contribution < 1.29 is 4.79 Å². The zero-order valence-corrected chi connectivity index (χ0v) is 10.5. The largest absolute Gasteiger partial charge is 0.331 e. The molecule has 94 valence electrons. The van der Waals surface area contributed by atoms with Gasteiger partial charge in [0.2, 0.25) is 5.91 Å². The molecule has 0 radical (unpaired) electrons. The maximum atomic E-state index is 11.1. The van der Waals surface area contributed by atoms with Gasteiger partial charge in [-0.1, -0.05) is 12.1 Å². The minimum Gasteiger partial charge on any atom is -0.331 e. The first kappa shape index (κ1) is 12.3. The van der Waals surface area contributed by atoms with Crippen molar-refractivity contribution in [2.45, 2.75) is 6.92 Å². The molecule has 1 aromatic heterocycles. The van der Waals surface area contributed by atoms with Gasteiger partial charge in [-0.05, 0) is 24.6 Å². The molecule has 0 aliphatic rings. The predicted molar refractivity (Wildman–Crippen MR) is 71.1 cm³/mol. The fraction of sp³-hybridized carbons (Fsp3) is 0.231. The van der Waals surface area contributed by atoms with Crippen molar-refractivity contribution >= 4 is 11.6 Å². The minimum atomic E-state index is -0.195. The number of hydrogen-bond donors (Lipinski definition) is 2. The molecule has 0 unspecified atom stereocenters. The van der Waals surface area contributed by atoms with Crippen LogP contribution in [0.4, 0.5) is 5.69 Å². The fourth-order valence-electron chi connectivity index (χ4n) is 1.71. The van der Waals surface area contributed by atoms with Crippen LogP contribution in [-0.2, 0) is 11.8 Å². The third kappa shape index (κ3) is 2.41. The van der Waals surface area contributed by atoms with Gasteiger partial charge in [-0.3, -0.25) is 4.79 Å². The van der Waals surface area contributed by atoms with Crippen molar-refractivity contribution in [1.29, 1.82) is 0 Å². The third-order valence-electron chi connectivity index (χ3n) is 2.87. The van der Waals surface area contributed by atoms with Crippen LogP contribution < -0.4 is 11.1 Å². The molecule has 18 heavy (non-hydrogen) atoms. The van der Waals surface area contributed by atoms with Gasteiger partial charge in [0, 0.05) is 12.7 Å². The molecule has 1 heterocycles. The van der Waals surface area contributed by atoms with Crippen LogP contribution in [0.3, 0.4) is 0 Å². The number of nitrogens with zero attached hydrogens (tertiary/aromatic N) is 2. The SMILES string of the molecule is Cc1ncc(-c2ccc(NC(=O)CN)cc2)n1C. The predicted octanol–water partition coefficient (Wildman–Crippen LogP) is 1.29. The number of rotatable bonds is 3. The summed E-state index contributed by atoms with van der Waals surface area (Å²) in [5.74, 6) is 0.768. The number of carbonyl (C=O) groups is 1. The minimum absolute atomic E-state index is 0.0112. The van der Waals surface area contributed by atoms with E-state index in [4.69, 9.17) is 5.73 Å². The van der Waals surface area contributed by atoms with Crippen LogP contribution in [0.15, 0.2) is 30.5 Å². The lowest BCUT2D eigenvalue weighted by Gasteiger charge is -2.06. The van der Waals surface area contributed by atoms with E-state index in [1.807, 2.05) is 49.0 Å². The molecule has 0 fully saturated rings. The number of nitrogens with two attached hydrogens (primary N) is 1. The number of anilines is 1. The number of imidazole rings is 1. The first-order chi connectivity index (χ1) is 8.61. The second-order valence-electron chi connectivity index (χ2n) is 4.08. The molecule has 0 spiro atoms. The molecule has 0 saturated carbocycles. The van der Waals surface area contributed by atoms with E-state index in [2.05, 4.69) is 10.3 Å². The summed E-state index contributed by atoms with van der Waals surface area (Å²) in [6.45, 7) is 1.95. The standard InChI is InChI=1S/C13H16N4O/c1-9-15-8-12(17(9)2)10-3-5-11(6-4-10)16-13(18)7-14/h3-6,8H,7,14H2,1-2H3,(H,16,18). The number of nitrogens with one attached hydrogen (secondary N) is 1. The molecule has 2 aromatic rings. The van der Waals surface area contributed by atoms with E-state index in [9.17, 15) is 4.79 Å². The van der Waals surface area contributed by atoms with E-state index in [0.29, 0.717) is 0 Å². The van der Waals surface area contributed by atoms with Crippen LogP contribution >= 0.6 is 0 Å². The van der Waals surface area contributed by atoms with E-state index in [1.54, 1.807) is 0 Å². The van der Waals surface area contributed by atoms with Gasteiger partial charge in [0.25, 0.3) is 0 Å². The maximum Gasteiger partial charge on any atom is 0.238 e. The van der Waals surface area contributed by atoms with Crippen LogP contribution in [0.2, 0.25) is 0 Å². The van der Waals surface area contributed by atoms with Gasteiger partial charge in [-0.15, -0.1) is 0 Å². The average molecular weight is 244 g/mol. The highest BCUT2D eigenvalue weighted by molar-refractivity contribution is 5.92. The smallest absolute Gasteiger partial charge is 0.238 e. The van der Waals surface area contributed by atoms with Gasteiger partial charge >= 0.3 is 0 Å². The third-order valence-corrected chi connectivity index (χ3v) is 2.87. The molecular formula is C13H16N4O. The first-order valence-corrected chi connectivity index (χ1v) is 5.70. The fourth-order valence-corrected chi connectivity index (χ4v) is 1.71. The second kappa shape index (κ2) is 5.01. The Hall–Kier alpha value is -2.14. The molecule has 0 atom stereocenters. The maximum absolute atomic E-state index is 11.1. The number of carbonyl (C=O) groups excluding carboxylic acids is 1. The monoisotopic (exact) mass is 244 g/mol. The normalized spacial score (nSPS) is 10.4. The van der Waals surface area contributed by atoms with Gasteiger partial charge < -0.3 is 15.6 Å². The Morgan fingerprint density at radius 3 is 2.56 bits per heavy atom. The highest BCUT2D eigenvalue weighted by atomic mass is 16.1. The van der Waals surface area contributed by atoms with Crippen LogP contribution in [0.25, 0.3) is 11.3 Å². The topological polar surface area (TPSA) is 72.9 Å². The summed E-state index contributed by atoms with van der Waals surface area (Å²) in [6.07, 6.45) is 1.84. The van der Waals surface area contributed by atoms with E-state index in [1.165, 1.54) is 0 Å². The van der Waals surface area contributed by atoms with Gasteiger partial charge in [-0.2, -0.15) is 0 Å². The Bertz CT molecular complexity index is 557. The lowest BCUT2D eigenvalue weighted by Crippen LogP contribution is -2.21. The van der Waals surface area contributed by atoms with Crippen molar-refractivity contribution in [2.75, 3.05) is 11.9 Å². The summed E-state index contributed by atoms with van der Waals surface area (Å²) < 4.78 is 2.02. The van der Waals surface area contributed by atoms with Crippen molar-refractivity contribution in [3.05, 3.63) is 36.3 Å². The molecule has 2 rings (SSSR count). The summed E-state index contributed by atoms with van der Waals surface area (Å²) in [5, 5.41) is 2.70. The first-order valence-electron chi connectivity index (χ1n) is 5.70. The van der Waals surface area contributed by atoms with Gasteiger partial charge in [0.1, 0.15) is 5.82 Å². The number of amides is 1. The molecule has 0 saturated heterocycles. The van der Waals surface area contributed by atoms with Crippen LogP contribution in [-0.4, -0.2) is 22.0 Å². The van der Waals surface area contributed by atoms with Crippen molar-refractivity contribution in [1.82, 2.24) is 9.55 Å². The molecule has 0 aliphatic heterocycles. The van der Waals surface area contributed by atoms with E-state index >= 15 is 0 Å². The van der Waals surface area contributed by atoms with Crippen LogP contribution in [0, 0.1) is 6.92 Å². The number of hydrogen-bond acceptors (Lipinski definition) is 3. The molecule has 5 heteroatoms. The van der Waals surface area contributed by atoms with Gasteiger partial charge in [0.15, 0.2) is 0 Å². The Kier molecular flexibility index (Phi) is 3.43. The molecule has 5 nitrogen and oxygen atoms in total. The summed E-state index contributed by atoms with van der Waals surface area (Å²) in [7, 11) is 1.97. The molecule has 1 aromatic carbocycles. The molecule has 3 N–H and O–H groups in total. The Morgan fingerprint density at radius 2 is 2.06 bits per heavy atom. The van der Waals surface area contributed by atoms with Crippen molar-refractivity contribution in [3.63, 3.8) is 0 Å².